The number of unbranched alkanes of at least 4 members (excludes halogenated alkanes) is 3. The molecule has 0 saturated heterocycles. The first-order valence-electron chi connectivity index (χ1n) is 9.52. The second kappa shape index (κ2) is 10.8. The molecule has 1 aromatic carbocycles. The summed E-state index contributed by atoms with van der Waals surface area (Å²) in [5.41, 5.74) is 0.928. The lowest BCUT2D eigenvalue weighted by molar-refractivity contribution is -0.117. The van der Waals surface area contributed by atoms with Crippen molar-refractivity contribution in [2.45, 2.75) is 64.3 Å². The van der Waals surface area contributed by atoms with Crippen LogP contribution in [0, 0.1) is 0 Å². The van der Waals surface area contributed by atoms with Crippen LogP contribution >= 0.6 is 0 Å². The van der Waals surface area contributed by atoms with E-state index in [9.17, 15) is 4.79 Å². The SMILES string of the molecule is CCCCCCOc1ccc(/C=C/C(=O)NC2CCCC2)cc1OC. The number of carbonyl (C=O) groups is 1. The molecule has 0 atom stereocenters. The summed E-state index contributed by atoms with van der Waals surface area (Å²) in [6.45, 7) is 2.90. The zero-order valence-electron chi connectivity index (χ0n) is 15.6. The van der Waals surface area contributed by atoms with E-state index in [2.05, 4.69) is 12.2 Å². The maximum atomic E-state index is 12.0. The molecule has 1 aromatic rings. The van der Waals surface area contributed by atoms with Crippen molar-refractivity contribution >= 4 is 12.0 Å². The number of ether oxygens (including phenoxy) is 2. The van der Waals surface area contributed by atoms with E-state index in [-0.39, 0.29) is 5.91 Å². The van der Waals surface area contributed by atoms with Gasteiger partial charge >= 0.3 is 0 Å². The van der Waals surface area contributed by atoms with Crippen LogP contribution in [0.15, 0.2) is 24.3 Å². The van der Waals surface area contributed by atoms with Crippen LogP contribution in [0.4, 0.5) is 0 Å². The Hall–Kier alpha value is -1.97. The molecule has 0 aliphatic heterocycles. The van der Waals surface area contributed by atoms with E-state index in [0.717, 1.165) is 30.6 Å². The highest BCUT2D eigenvalue weighted by molar-refractivity contribution is 5.92. The fourth-order valence-electron chi connectivity index (χ4n) is 3.11. The highest BCUT2D eigenvalue weighted by atomic mass is 16.5. The maximum absolute atomic E-state index is 12.0. The third-order valence-electron chi connectivity index (χ3n) is 4.57. The second-order valence-electron chi connectivity index (χ2n) is 6.64. The van der Waals surface area contributed by atoms with Gasteiger partial charge in [-0.1, -0.05) is 45.1 Å². The van der Waals surface area contributed by atoms with Gasteiger partial charge in [0.2, 0.25) is 5.91 Å². The Kier molecular flexibility index (Phi) is 8.36. The predicted molar refractivity (Wildman–Crippen MR) is 102 cm³/mol. The summed E-state index contributed by atoms with van der Waals surface area (Å²) in [6.07, 6.45) is 12.7. The van der Waals surface area contributed by atoms with E-state index in [1.807, 2.05) is 24.3 Å². The number of methoxy groups -OCH3 is 1. The first-order valence-corrected chi connectivity index (χ1v) is 9.52. The van der Waals surface area contributed by atoms with Crippen LogP contribution < -0.4 is 14.8 Å². The van der Waals surface area contributed by atoms with E-state index >= 15 is 0 Å². The zero-order chi connectivity index (χ0) is 17.9. The van der Waals surface area contributed by atoms with Crippen molar-refractivity contribution in [3.05, 3.63) is 29.8 Å². The fourth-order valence-corrected chi connectivity index (χ4v) is 3.11. The van der Waals surface area contributed by atoms with E-state index in [4.69, 9.17) is 9.47 Å². The summed E-state index contributed by atoms with van der Waals surface area (Å²) in [4.78, 5) is 12.0. The highest BCUT2D eigenvalue weighted by Crippen LogP contribution is 2.28. The lowest BCUT2D eigenvalue weighted by Gasteiger charge is -2.11. The quantitative estimate of drug-likeness (QED) is 0.493. The van der Waals surface area contributed by atoms with Crippen molar-refractivity contribution in [2.75, 3.05) is 13.7 Å². The van der Waals surface area contributed by atoms with Crippen LogP contribution in [-0.2, 0) is 4.79 Å². The highest BCUT2D eigenvalue weighted by Gasteiger charge is 2.15. The molecule has 1 aliphatic rings. The number of carbonyl (C=O) groups excluding carboxylic acids is 1. The van der Waals surface area contributed by atoms with Crippen molar-refractivity contribution in [2.24, 2.45) is 0 Å². The molecule has 1 fully saturated rings. The summed E-state index contributed by atoms with van der Waals surface area (Å²) in [7, 11) is 1.64. The first-order chi connectivity index (χ1) is 12.2. The molecule has 1 aliphatic carbocycles. The summed E-state index contributed by atoms with van der Waals surface area (Å²) < 4.78 is 11.2. The average molecular weight is 345 g/mol. The Morgan fingerprint density at radius 1 is 1.20 bits per heavy atom. The molecule has 4 nitrogen and oxygen atoms in total. The van der Waals surface area contributed by atoms with Crippen molar-refractivity contribution in [3.63, 3.8) is 0 Å². The zero-order valence-corrected chi connectivity index (χ0v) is 15.6. The van der Waals surface area contributed by atoms with Gasteiger partial charge < -0.3 is 14.8 Å². The van der Waals surface area contributed by atoms with Gasteiger partial charge in [0.15, 0.2) is 11.5 Å². The second-order valence-corrected chi connectivity index (χ2v) is 6.64. The average Bonchev–Trinajstić information content (AvgIpc) is 3.13. The van der Waals surface area contributed by atoms with Crippen molar-refractivity contribution < 1.29 is 14.3 Å². The molecule has 1 amide bonds. The number of hydrogen-bond acceptors (Lipinski definition) is 3. The summed E-state index contributed by atoms with van der Waals surface area (Å²) in [6, 6.07) is 6.10. The van der Waals surface area contributed by atoms with E-state index in [0.29, 0.717) is 18.4 Å². The molecule has 2 rings (SSSR count). The molecular weight excluding hydrogens is 314 g/mol. The first kappa shape index (κ1) is 19.4. The molecule has 0 unspecified atom stereocenters. The summed E-state index contributed by atoms with van der Waals surface area (Å²) >= 11 is 0. The molecule has 1 saturated carbocycles. The van der Waals surface area contributed by atoms with Gasteiger partial charge in [0.05, 0.1) is 13.7 Å². The van der Waals surface area contributed by atoms with Crippen LogP contribution in [0.2, 0.25) is 0 Å². The topological polar surface area (TPSA) is 47.6 Å². The lowest BCUT2D eigenvalue weighted by Crippen LogP contribution is -2.30. The maximum Gasteiger partial charge on any atom is 0.244 e. The molecule has 0 spiro atoms. The standard InChI is InChI=1S/C21H31NO3/c1-3-4-5-8-15-25-19-13-11-17(16-20(19)24-2)12-14-21(23)22-18-9-6-7-10-18/h11-14,16,18H,3-10,15H2,1-2H3,(H,22,23)/b14-12+. The molecule has 0 radical (unpaired) electrons. The largest absolute Gasteiger partial charge is 0.493 e. The molecular formula is C21H31NO3. The Bertz CT molecular complexity index is 562. The van der Waals surface area contributed by atoms with E-state index < -0.39 is 0 Å². The molecule has 138 valence electrons. The van der Waals surface area contributed by atoms with Crippen LogP contribution in [-0.4, -0.2) is 25.7 Å². The van der Waals surface area contributed by atoms with Crippen LogP contribution in [0.5, 0.6) is 11.5 Å². The van der Waals surface area contributed by atoms with E-state index in [1.165, 1.54) is 32.1 Å². The van der Waals surface area contributed by atoms with Crippen LogP contribution in [0.3, 0.4) is 0 Å². The van der Waals surface area contributed by atoms with Crippen molar-refractivity contribution in [3.8, 4) is 11.5 Å². The van der Waals surface area contributed by atoms with Gasteiger partial charge in [0.25, 0.3) is 0 Å². The minimum atomic E-state index is -0.0258. The van der Waals surface area contributed by atoms with E-state index in [1.54, 1.807) is 13.2 Å². The van der Waals surface area contributed by atoms with Gasteiger partial charge in [0.1, 0.15) is 0 Å². The van der Waals surface area contributed by atoms with Crippen LogP contribution in [0.25, 0.3) is 6.08 Å². The normalized spacial score (nSPS) is 14.8. The Morgan fingerprint density at radius 2 is 2.00 bits per heavy atom. The van der Waals surface area contributed by atoms with Crippen LogP contribution in [0.1, 0.15) is 63.9 Å². The van der Waals surface area contributed by atoms with Gasteiger partial charge in [-0.25, -0.2) is 0 Å². The molecule has 0 heterocycles. The van der Waals surface area contributed by atoms with Gasteiger partial charge in [-0.3, -0.25) is 4.79 Å². The van der Waals surface area contributed by atoms with Crippen molar-refractivity contribution in [1.82, 2.24) is 5.32 Å². The Balaban J connectivity index is 1.86. The number of rotatable bonds is 10. The van der Waals surface area contributed by atoms with Gasteiger partial charge in [-0.15, -0.1) is 0 Å². The summed E-state index contributed by atoms with van der Waals surface area (Å²) in [5.74, 6) is 1.43. The minimum absolute atomic E-state index is 0.0258. The Morgan fingerprint density at radius 3 is 2.72 bits per heavy atom. The molecule has 4 heteroatoms. The molecule has 25 heavy (non-hydrogen) atoms. The summed E-state index contributed by atoms with van der Waals surface area (Å²) in [5, 5.41) is 3.05. The number of amides is 1. The fraction of sp³-hybridized carbons (Fsp3) is 0.571. The van der Waals surface area contributed by atoms with Gasteiger partial charge in [0, 0.05) is 12.1 Å². The molecule has 1 N–H and O–H groups in total. The number of nitrogens with one attached hydrogen (secondary N) is 1. The van der Waals surface area contributed by atoms with Crippen molar-refractivity contribution in [1.29, 1.82) is 0 Å². The van der Waals surface area contributed by atoms with Gasteiger partial charge in [-0.2, -0.15) is 0 Å². The smallest absolute Gasteiger partial charge is 0.244 e. The predicted octanol–water partition coefficient (Wildman–Crippen LogP) is 4.73. The monoisotopic (exact) mass is 345 g/mol. The lowest BCUT2D eigenvalue weighted by atomic mass is 10.1. The molecule has 0 bridgehead atoms. The molecule has 0 aromatic heterocycles. The van der Waals surface area contributed by atoms with Gasteiger partial charge in [-0.05, 0) is 43.0 Å². The number of benzene rings is 1. The number of hydrogen-bond donors (Lipinski definition) is 1. The minimum Gasteiger partial charge on any atom is -0.493 e. The third-order valence-corrected chi connectivity index (χ3v) is 4.57. The third kappa shape index (κ3) is 6.81. The Labute approximate surface area is 151 Å².